The van der Waals surface area contributed by atoms with Crippen LogP contribution >= 0.6 is 0 Å². The number of aromatic nitrogens is 2. The van der Waals surface area contributed by atoms with E-state index < -0.39 is 0 Å². The Morgan fingerprint density at radius 3 is 2.25 bits per heavy atom. The zero-order valence-electron chi connectivity index (χ0n) is 10.8. The average molecular weight is 216 g/mol. The molecule has 0 radical (unpaired) electrons. The summed E-state index contributed by atoms with van der Waals surface area (Å²) < 4.78 is 0. The first-order valence-corrected chi connectivity index (χ1v) is 5.80. The predicted molar refractivity (Wildman–Crippen MR) is 69.6 cm³/mol. The first kappa shape index (κ1) is 12.6. The van der Waals surface area contributed by atoms with Crippen LogP contribution in [0.25, 0.3) is 10.9 Å². The van der Waals surface area contributed by atoms with Crippen molar-refractivity contribution in [2.45, 2.75) is 40.0 Å². The lowest BCUT2D eigenvalue weighted by Crippen LogP contribution is -2.12. The van der Waals surface area contributed by atoms with Gasteiger partial charge in [0.05, 0.1) is 11.7 Å². The van der Waals surface area contributed by atoms with Crippen molar-refractivity contribution < 1.29 is 0 Å². The lowest BCUT2D eigenvalue weighted by molar-refractivity contribution is 0.591. The van der Waals surface area contributed by atoms with Gasteiger partial charge in [0.15, 0.2) is 0 Å². The number of fused-ring (bicyclic) bond motifs is 1. The summed E-state index contributed by atoms with van der Waals surface area (Å²) in [4.78, 5) is 0. The summed E-state index contributed by atoms with van der Waals surface area (Å²) in [6.07, 6.45) is 1.86. The molecule has 0 saturated heterocycles. The molecule has 1 aromatic heterocycles. The summed E-state index contributed by atoms with van der Waals surface area (Å²) >= 11 is 0. The molecule has 0 N–H and O–H groups in total. The Hall–Kier alpha value is -1.44. The van der Waals surface area contributed by atoms with E-state index in [1.165, 1.54) is 10.9 Å². The van der Waals surface area contributed by atoms with Crippen molar-refractivity contribution in [3.63, 3.8) is 0 Å². The summed E-state index contributed by atoms with van der Waals surface area (Å²) in [5.74, 6) is 0. The fourth-order valence-electron chi connectivity index (χ4n) is 1.60. The molecule has 0 fully saturated rings. The molecule has 2 aromatic rings. The number of hydrogen-bond acceptors (Lipinski definition) is 2. The van der Waals surface area contributed by atoms with Crippen molar-refractivity contribution >= 4 is 10.9 Å². The standard InChI is InChI=1S/C12H14N2.C2H6/c1-12(2,3)10-8-13-14-11-7-5-4-6-9(10)11;1-2/h4-8H,1-3H3;1-2H3. The van der Waals surface area contributed by atoms with E-state index in [2.05, 4.69) is 37.0 Å². The number of rotatable bonds is 0. The van der Waals surface area contributed by atoms with Crippen LogP contribution < -0.4 is 0 Å². The molecule has 0 atom stereocenters. The Bertz CT molecular complexity index is 450. The minimum absolute atomic E-state index is 0.121. The lowest BCUT2D eigenvalue weighted by Gasteiger charge is -2.19. The van der Waals surface area contributed by atoms with E-state index in [0.29, 0.717) is 0 Å². The van der Waals surface area contributed by atoms with E-state index in [1.807, 2.05) is 38.2 Å². The summed E-state index contributed by atoms with van der Waals surface area (Å²) in [6, 6.07) is 8.13. The molecule has 0 saturated carbocycles. The van der Waals surface area contributed by atoms with Gasteiger partial charge in [-0.15, -0.1) is 0 Å². The Morgan fingerprint density at radius 1 is 1.00 bits per heavy atom. The molecule has 2 heteroatoms. The second-order valence-electron chi connectivity index (χ2n) is 4.53. The van der Waals surface area contributed by atoms with Gasteiger partial charge in [0.2, 0.25) is 0 Å². The maximum atomic E-state index is 4.11. The highest BCUT2D eigenvalue weighted by atomic mass is 15.1. The first-order valence-electron chi connectivity index (χ1n) is 5.80. The molecule has 1 aromatic carbocycles. The molecule has 0 bridgehead atoms. The SMILES string of the molecule is CC.CC(C)(C)c1cnnc2ccccc12. The fraction of sp³-hybridized carbons (Fsp3) is 0.429. The van der Waals surface area contributed by atoms with Crippen molar-refractivity contribution in [3.05, 3.63) is 36.0 Å². The van der Waals surface area contributed by atoms with Crippen molar-refractivity contribution in [1.29, 1.82) is 0 Å². The summed E-state index contributed by atoms with van der Waals surface area (Å²) in [7, 11) is 0. The zero-order chi connectivity index (χ0) is 12.2. The van der Waals surface area contributed by atoms with E-state index in [-0.39, 0.29) is 5.41 Å². The van der Waals surface area contributed by atoms with Gasteiger partial charge < -0.3 is 0 Å². The monoisotopic (exact) mass is 216 g/mol. The van der Waals surface area contributed by atoms with Crippen LogP contribution in [0.2, 0.25) is 0 Å². The molecule has 0 aliphatic carbocycles. The lowest BCUT2D eigenvalue weighted by atomic mass is 9.86. The average Bonchev–Trinajstić information content (AvgIpc) is 2.30. The van der Waals surface area contributed by atoms with Crippen LogP contribution in [0.1, 0.15) is 40.2 Å². The molecule has 0 aliphatic heterocycles. The molecule has 0 spiro atoms. The van der Waals surface area contributed by atoms with Gasteiger partial charge in [-0.3, -0.25) is 0 Å². The van der Waals surface area contributed by atoms with Gasteiger partial charge in [0, 0.05) is 5.39 Å². The highest BCUT2D eigenvalue weighted by Crippen LogP contribution is 2.27. The first-order chi connectivity index (χ1) is 7.59. The number of hydrogen-bond donors (Lipinski definition) is 0. The molecule has 1 heterocycles. The van der Waals surface area contributed by atoms with Gasteiger partial charge in [-0.25, -0.2) is 0 Å². The van der Waals surface area contributed by atoms with E-state index in [9.17, 15) is 0 Å². The molecule has 2 rings (SSSR count). The third-order valence-electron chi connectivity index (χ3n) is 2.35. The van der Waals surface area contributed by atoms with Gasteiger partial charge in [-0.2, -0.15) is 10.2 Å². The van der Waals surface area contributed by atoms with E-state index >= 15 is 0 Å². The minimum atomic E-state index is 0.121. The van der Waals surface area contributed by atoms with Crippen molar-refractivity contribution in [2.75, 3.05) is 0 Å². The summed E-state index contributed by atoms with van der Waals surface area (Å²) in [5, 5.41) is 9.34. The molecule has 86 valence electrons. The Kier molecular flexibility index (Phi) is 3.99. The van der Waals surface area contributed by atoms with E-state index in [0.717, 1.165) is 5.52 Å². The van der Waals surface area contributed by atoms with Gasteiger partial charge in [-0.05, 0) is 17.0 Å². The maximum Gasteiger partial charge on any atom is 0.0932 e. The Morgan fingerprint density at radius 2 is 1.62 bits per heavy atom. The van der Waals surface area contributed by atoms with Crippen LogP contribution in [0.5, 0.6) is 0 Å². The third-order valence-corrected chi connectivity index (χ3v) is 2.35. The van der Waals surface area contributed by atoms with Crippen LogP contribution in [0.15, 0.2) is 30.5 Å². The Labute approximate surface area is 97.7 Å². The number of nitrogens with zero attached hydrogens (tertiary/aromatic N) is 2. The maximum absolute atomic E-state index is 4.11. The van der Waals surface area contributed by atoms with Crippen LogP contribution in [0.4, 0.5) is 0 Å². The molecule has 16 heavy (non-hydrogen) atoms. The van der Waals surface area contributed by atoms with Crippen molar-refractivity contribution in [2.24, 2.45) is 0 Å². The van der Waals surface area contributed by atoms with Crippen LogP contribution in [0.3, 0.4) is 0 Å². The van der Waals surface area contributed by atoms with Crippen molar-refractivity contribution in [3.8, 4) is 0 Å². The smallest absolute Gasteiger partial charge is 0.0932 e. The Balaban J connectivity index is 0.000000606. The second-order valence-corrected chi connectivity index (χ2v) is 4.53. The van der Waals surface area contributed by atoms with Gasteiger partial charge in [0.1, 0.15) is 0 Å². The van der Waals surface area contributed by atoms with Gasteiger partial charge >= 0.3 is 0 Å². The van der Waals surface area contributed by atoms with Crippen LogP contribution in [0, 0.1) is 0 Å². The minimum Gasteiger partial charge on any atom is -0.158 e. The molecule has 0 amide bonds. The largest absolute Gasteiger partial charge is 0.158 e. The topological polar surface area (TPSA) is 25.8 Å². The molecule has 2 nitrogen and oxygen atoms in total. The third kappa shape index (κ3) is 2.57. The van der Waals surface area contributed by atoms with E-state index in [4.69, 9.17) is 0 Å². The normalized spacial score (nSPS) is 10.8. The number of benzene rings is 1. The van der Waals surface area contributed by atoms with E-state index in [1.54, 1.807) is 0 Å². The molecular weight excluding hydrogens is 196 g/mol. The van der Waals surface area contributed by atoms with Crippen LogP contribution in [-0.4, -0.2) is 10.2 Å². The fourth-order valence-corrected chi connectivity index (χ4v) is 1.60. The quantitative estimate of drug-likeness (QED) is 0.666. The summed E-state index contributed by atoms with van der Waals surface area (Å²) in [5.41, 5.74) is 2.35. The summed E-state index contributed by atoms with van der Waals surface area (Å²) in [6.45, 7) is 10.6. The highest BCUT2D eigenvalue weighted by Gasteiger charge is 2.17. The molecular formula is C14H20N2. The predicted octanol–water partition coefficient (Wildman–Crippen LogP) is 3.95. The highest BCUT2D eigenvalue weighted by molar-refractivity contribution is 5.82. The van der Waals surface area contributed by atoms with Gasteiger partial charge in [-0.1, -0.05) is 52.8 Å². The van der Waals surface area contributed by atoms with Crippen LogP contribution in [-0.2, 0) is 5.41 Å². The van der Waals surface area contributed by atoms with Crippen molar-refractivity contribution in [1.82, 2.24) is 10.2 Å². The zero-order valence-corrected chi connectivity index (χ0v) is 10.8. The molecule has 0 aliphatic rings. The molecule has 0 unspecified atom stereocenters. The second kappa shape index (κ2) is 5.06. The van der Waals surface area contributed by atoms with Gasteiger partial charge in [0.25, 0.3) is 0 Å².